The standard InChI is InChI=1S/C26H21F5N4O/c27-18-5-3-4-16(10-18)15-35-22-7-6-19(28)11-17(22)12-23(35)25(36)33-21-14-32-24(34-8-1-2-9-34)13-20(21)26(29,30)31/h3-7,10-14H,1-2,8-9,15H2,(H,33,36). The molecule has 2 aromatic heterocycles. The number of halogens is 5. The first kappa shape index (κ1) is 23.8. The number of carbonyl (C=O) groups excluding carboxylic acids is 1. The second kappa shape index (κ2) is 9.25. The van der Waals surface area contributed by atoms with Crippen molar-refractivity contribution in [2.45, 2.75) is 25.6 Å². The Kier molecular flexibility index (Phi) is 6.11. The summed E-state index contributed by atoms with van der Waals surface area (Å²) in [5, 5.41) is 2.72. The minimum atomic E-state index is -4.72. The monoisotopic (exact) mass is 500 g/mol. The van der Waals surface area contributed by atoms with Crippen molar-refractivity contribution in [3.63, 3.8) is 0 Å². The van der Waals surface area contributed by atoms with Crippen LogP contribution >= 0.6 is 0 Å². The number of fused-ring (bicyclic) bond motifs is 1. The summed E-state index contributed by atoms with van der Waals surface area (Å²) in [5.74, 6) is -1.63. The van der Waals surface area contributed by atoms with Gasteiger partial charge in [-0.2, -0.15) is 13.2 Å². The van der Waals surface area contributed by atoms with E-state index in [1.54, 1.807) is 11.0 Å². The van der Waals surface area contributed by atoms with Crippen LogP contribution in [0.15, 0.2) is 60.8 Å². The highest BCUT2D eigenvalue weighted by Crippen LogP contribution is 2.37. The fraction of sp³-hybridized carbons (Fsp3) is 0.231. The third kappa shape index (κ3) is 4.75. The first-order valence-corrected chi connectivity index (χ1v) is 11.4. The second-order valence-corrected chi connectivity index (χ2v) is 8.68. The summed E-state index contributed by atoms with van der Waals surface area (Å²) >= 11 is 0. The summed E-state index contributed by atoms with van der Waals surface area (Å²) in [6.45, 7) is 1.29. The molecule has 0 aliphatic carbocycles. The average Bonchev–Trinajstić information content (AvgIpc) is 3.47. The molecule has 1 aliphatic rings. The highest BCUT2D eigenvalue weighted by Gasteiger charge is 2.35. The number of benzene rings is 2. The van der Waals surface area contributed by atoms with Crippen LogP contribution < -0.4 is 10.2 Å². The van der Waals surface area contributed by atoms with Crippen molar-refractivity contribution >= 4 is 28.3 Å². The van der Waals surface area contributed by atoms with E-state index >= 15 is 0 Å². The lowest BCUT2D eigenvalue weighted by molar-refractivity contribution is -0.136. The molecule has 1 fully saturated rings. The van der Waals surface area contributed by atoms with E-state index < -0.39 is 35.0 Å². The first-order valence-electron chi connectivity index (χ1n) is 11.4. The van der Waals surface area contributed by atoms with Crippen LogP contribution in [0.4, 0.5) is 33.5 Å². The summed E-state index contributed by atoms with van der Waals surface area (Å²) in [7, 11) is 0. The third-order valence-electron chi connectivity index (χ3n) is 6.20. The van der Waals surface area contributed by atoms with Gasteiger partial charge < -0.3 is 14.8 Å². The molecule has 1 aliphatic heterocycles. The Labute approximate surface area is 203 Å². The predicted molar refractivity (Wildman–Crippen MR) is 126 cm³/mol. The molecule has 36 heavy (non-hydrogen) atoms. The normalized spacial score (nSPS) is 14.0. The lowest BCUT2D eigenvalue weighted by atomic mass is 10.2. The summed E-state index contributed by atoms with van der Waals surface area (Å²) < 4.78 is 70.8. The molecule has 4 aromatic rings. The molecule has 0 unspecified atom stereocenters. The molecule has 5 rings (SSSR count). The Hall–Kier alpha value is -3.95. The molecule has 186 valence electrons. The van der Waals surface area contributed by atoms with Gasteiger partial charge in [-0.15, -0.1) is 0 Å². The number of amides is 1. The summed E-state index contributed by atoms with van der Waals surface area (Å²) in [4.78, 5) is 19.2. The Morgan fingerprint density at radius 3 is 2.44 bits per heavy atom. The van der Waals surface area contributed by atoms with Crippen molar-refractivity contribution in [1.29, 1.82) is 0 Å². The van der Waals surface area contributed by atoms with Crippen LogP contribution in [0.2, 0.25) is 0 Å². The van der Waals surface area contributed by atoms with E-state index in [1.165, 1.54) is 47.0 Å². The van der Waals surface area contributed by atoms with Gasteiger partial charge in [-0.3, -0.25) is 4.79 Å². The van der Waals surface area contributed by atoms with Gasteiger partial charge in [-0.25, -0.2) is 13.8 Å². The molecular weight excluding hydrogens is 479 g/mol. The van der Waals surface area contributed by atoms with Gasteiger partial charge in [0.2, 0.25) is 0 Å². The molecule has 0 radical (unpaired) electrons. The number of pyridine rings is 1. The zero-order valence-corrected chi connectivity index (χ0v) is 18.9. The number of aromatic nitrogens is 2. The summed E-state index contributed by atoms with van der Waals surface area (Å²) in [6, 6.07) is 12.0. The Balaban J connectivity index is 1.53. The van der Waals surface area contributed by atoms with E-state index in [-0.39, 0.29) is 18.1 Å². The van der Waals surface area contributed by atoms with Crippen molar-refractivity contribution in [2.24, 2.45) is 0 Å². The molecule has 5 nitrogen and oxygen atoms in total. The van der Waals surface area contributed by atoms with Gasteiger partial charge in [-0.1, -0.05) is 12.1 Å². The summed E-state index contributed by atoms with van der Waals surface area (Å²) in [6.07, 6.45) is -1.97. The number of alkyl halides is 3. The Bertz CT molecular complexity index is 1440. The number of hydrogen-bond donors (Lipinski definition) is 1. The van der Waals surface area contributed by atoms with E-state index in [2.05, 4.69) is 10.3 Å². The molecule has 1 saturated heterocycles. The van der Waals surface area contributed by atoms with Crippen LogP contribution in [0.1, 0.15) is 34.5 Å². The molecule has 0 spiro atoms. The van der Waals surface area contributed by atoms with Gasteiger partial charge in [0.15, 0.2) is 0 Å². The minimum absolute atomic E-state index is 0.00314. The van der Waals surface area contributed by atoms with Crippen molar-refractivity contribution in [3.05, 3.63) is 89.2 Å². The van der Waals surface area contributed by atoms with Crippen molar-refractivity contribution in [2.75, 3.05) is 23.3 Å². The van der Waals surface area contributed by atoms with Gasteiger partial charge in [0.1, 0.15) is 23.1 Å². The van der Waals surface area contributed by atoms with Crippen molar-refractivity contribution < 1.29 is 26.7 Å². The van der Waals surface area contributed by atoms with Gasteiger partial charge in [0.25, 0.3) is 5.91 Å². The van der Waals surface area contributed by atoms with Crippen molar-refractivity contribution in [1.82, 2.24) is 9.55 Å². The van der Waals surface area contributed by atoms with E-state index in [4.69, 9.17) is 0 Å². The summed E-state index contributed by atoms with van der Waals surface area (Å²) in [5.41, 5.74) is -0.491. The zero-order valence-electron chi connectivity index (χ0n) is 18.9. The Morgan fingerprint density at radius 2 is 1.72 bits per heavy atom. The lowest BCUT2D eigenvalue weighted by Crippen LogP contribution is -2.23. The molecule has 0 bridgehead atoms. The number of nitrogens with one attached hydrogen (secondary N) is 1. The van der Waals surface area contributed by atoms with E-state index in [9.17, 15) is 26.7 Å². The highest BCUT2D eigenvalue weighted by atomic mass is 19.4. The van der Waals surface area contributed by atoms with E-state index in [1.807, 2.05) is 0 Å². The molecule has 0 saturated carbocycles. The zero-order chi connectivity index (χ0) is 25.4. The van der Waals surface area contributed by atoms with Gasteiger partial charge in [-0.05, 0) is 60.9 Å². The number of anilines is 2. The topological polar surface area (TPSA) is 50.2 Å². The van der Waals surface area contributed by atoms with Gasteiger partial charge >= 0.3 is 6.18 Å². The number of rotatable bonds is 5. The van der Waals surface area contributed by atoms with Gasteiger partial charge in [0.05, 0.1) is 17.4 Å². The molecule has 1 amide bonds. The smallest absolute Gasteiger partial charge is 0.357 e. The maximum Gasteiger partial charge on any atom is 0.418 e. The molecule has 3 heterocycles. The number of carbonyl (C=O) groups is 1. The van der Waals surface area contributed by atoms with Crippen LogP contribution in [0.3, 0.4) is 0 Å². The molecule has 2 aromatic carbocycles. The highest BCUT2D eigenvalue weighted by molar-refractivity contribution is 6.06. The quantitative estimate of drug-likeness (QED) is 0.331. The third-order valence-corrected chi connectivity index (χ3v) is 6.20. The maximum absolute atomic E-state index is 13.9. The largest absolute Gasteiger partial charge is 0.418 e. The number of hydrogen-bond acceptors (Lipinski definition) is 3. The molecule has 10 heteroatoms. The van der Waals surface area contributed by atoms with Crippen LogP contribution in [0.25, 0.3) is 10.9 Å². The molecule has 1 N–H and O–H groups in total. The van der Waals surface area contributed by atoms with Crippen LogP contribution in [0.5, 0.6) is 0 Å². The van der Waals surface area contributed by atoms with Crippen LogP contribution in [-0.4, -0.2) is 28.5 Å². The Morgan fingerprint density at radius 1 is 0.972 bits per heavy atom. The first-order chi connectivity index (χ1) is 17.2. The molecule has 0 atom stereocenters. The van der Waals surface area contributed by atoms with E-state index in [0.29, 0.717) is 29.6 Å². The predicted octanol–water partition coefficient (Wildman–Crippen LogP) is 6.23. The van der Waals surface area contributed by atoms with Gasteiger partial charge in [0, 0.05) is 30.5 Å². The van der Waals surface area contributed by atoms with Crippen molar-refractivity contribution in [3.8, 4) is 0 Å². The fourth-order valence-corrected chi connectivity index (χ4v) is 4.50. The molecular formula is C26H21F5N4O. The SMILES string of the molecule is O=C(Nc1cnc(N2CCCC2)cc1C(F)(F)F)c1cc2cc(F)ccc2n1Cc1cccc(F)c1. The number of nitrogens with zero attached hydrogens (tertiary/aromatic N) is 3. The van der Waals surface area contributed by atoms with E-state index in [0.717, 1.165) is 25.1 Å². The second-order valence-electron chi connectivity index (χ2n) is 8.68. The average molecular weight is 500 g/mol. The van der Waals surface area contributed by atoms with Crippen LogP contribution in [-0.2, 0) is 12.7 Å². The minimum Gasteiger partial charge on any atom is -0.357 e. The lowest BCUT2D eigenvalue weighted by Gasteiger charge is -2.20. The van der Waals surface area contributed by atoms with Crippen LogP contribution in [0, 0.1) is 11.6 Å². The maximum atomic E-state index is 13.9. The fourth-order valence-electron chi connectivity index (χ4n) is 4.50.